The zero-order chi connectivity index (χ0) is 11.2. The molecular formula is C8H17NO4P+. The van der Waals surface area contributed by atoms with E-state index in [9.17, 15) is 9.36 Å². The molecule has 0 bridgehead atoms. The van der Waals surface area contributed by atoms with E-state index in [0.717, 1.165) is 6.08 Å². The van der Waals surface area contributed by atoms with Crippen molar-refractivity contribution in [2.75, 3.05) is 34.3 Å². The summed E-state index contributed by atoms with van der Waals surface area (Å²) in [6.07, 6.45) is 0.950. The highest BCUT2D eigenvalue weighted by Crippen LogP contribution is 2.23. The summed E-state index contributed by atoms with van der Waals surface area (Å²) in [7, 11) is 3.24. The van der Waals surface area contributed by atoms with Crippen LogP contribution in [0.2, 0.25) is 0 Å². The summed E-state index contributed by atoms with van der Waals surface area (Å²) in [5, 5.41) is 0. The lowest BCUT2D eigenvalue weighted by atomic mass is 10.5. The molecule has 82 valence electrons. The van der Waals surface area contributed by atoms with Crippen LogP contribution in [0.1, 0.15) is 0 Å². The second kappa shape index (κ2) is 5.96. The molecule has 0 saturated carbocycles. The van der Waals surface area contributed by atoms with Crippen molar-refractivity contribution in [3.8, 4) is 0 Å². The summed E-state index contributed by atoms with van der Waals surface area (Å²) in [6, 6.07) is 0. The lowest BCUT2D eigenvalue weighted by Crippen LogP contribution is -2.37. The van der Waals surface area contributed by atoms with Crippen LogP contribution in [-0.4, -0.2) is 44.7 Å². The average Bonchev–Trinajstić information content (AvgIpc) is 2.01. The van der Waals surface area contributed by atoms with Crippen molar-refractivity contribution in [2.24, 2.45) is 0 Å². The van der Waals surface area contributed by atoms with Gasteiger partial charge in [0.2, 0.25) is 0 Å². The maximum absolute atomic E-state index is 11.0. The van der Waals surface area contributed by atoms with Gasteiger partial charge in [-0.3, -0.25) is 4.52 Å². The number of nitrogens with zero attached hydrogens (tertiary/aromatic N) is 1. The van der Waals surface area contributed by atoms with Gasteiger partial charge in [0, 0.05) is 6.08 Å². The fourth-order valence-electron chi connectivity index (χ4n) is 0.556. The Kier molecular flexibility index (Phi) is 5.69. The van der Waals surface area contributed by atoms with E-state index in [2.05, 4.69) is 11.1 Å². The molecule has 0 radical (unpaired) electrons. The third-order valence-electron chi connectivity index (χ3n) is 1.33. The molecule has 0 aliphatic carbocycles. The van der Waals surface area contributed by atoms with Gasteiger partial charge in [-0.05, 0) is 0 Å². The first-order valence-electron chi connectivity index (χ1n) is 4.16. The molecule has 1 atom stereocenters. The lowest BCUT2D eigenvalue weighted by molar-refractivity contribution is -0.870. The highest BCUT2D eigenvalue weighted by molar-refractivity contribution is 7.34. The van der Waals surface area contributed by atoms with Crippen molar-refractivity contribution in [3.05, 3.63) is 12.7 Å². The summed E-state index contributed by atoms with van der Waals surface area (Å²) in [4.78, 5) is 10.6. The minimum Gasteiger partial charge on any atom is -0.390 e. The van der Waals surface area contributed by atoms with Crippen LogP contribution in [0.5, 0.6) is 0 Å². The zero-order valence-electron chi connectivity index (χ0n) is 8.78. The average molecular weight is 222 g/mol. The predicted octanol–water partition coefficient (Wildman–Crippen LogP) is 0.828. The van der Waals surface area contributed by atoms with Gasteiger partial charge in [-0.1, -0.05) is 6.58 Å². The van der Waals surface area contributed by atoms with Crippen LogP contribution in [0.15, 0.2) is 12.7 Å². The number of carbonyl (C=O) groups is 1. The van der Waals surface area contributed by atoms with Crippen molar-refractivity contribution in [1.82, 2.24) is 0 Å². The maximum Gasteiger partial charge on any atom is 0.370 e. The topological polar surface area (TPSA) is 52.6 Å². The third kappa shape index (κ3) is 7.98. The Hall–Kier alpha value is -0.640. The molecule has 0 heterocycles. The Morgan fingerprint density at radius 3 is 2.50 bits per heavy atom. The second-order valence-electron chi connectivity index (χ2n) is 3.74. The van der Waals surface area contributed by atoms with Crippen molar-refractivity contribution in [3.63, 3.8) is 0 Å². The molecular weight excluding hydrogens is 205 g/mol. The van der Waals surface area contributed by atoms with Crippen LogP contribution < -0.4 is 0 Å². The lowest BCUT2D eigenvalue weighted by Gasteiger charge is -2.23. The summed E-state index contributed by atoms with van der Waals surface area (Å²) < 4.78 is 20.9. The van der Waals surface area contributed by atoms with Gasteiger partial charge < -0.3 is 9.01 Å². The normalized spacial score (nSPS) is 13.4. The minimum atomic E-state index is -2.70. The molecule has 1 unspecified atom stereocenters. The van der Waals surface area contributed by atoms with E-state index in [-0.39, 0.29) is 0 Å². The molecule has 5 nitrogen and oxygen atoms in total. The van der Waals surface area contributed by atoms with Crippen LogP contribution >= 0.6 is 8.25 Å². The van der Waals surface area contributed by atoms with Crippen molar-refractivity contribution in [1.29, 1.82) is 0 Å². The number of hydrogen-bond donors (Lipinski definition) is 0. The quantitative estimate of drug-likeness (QED) is 0.379. The van der Waals surface area contributed by atoms with Gasteiger partial charge in [0.1, 0.15) is 13.2 Å². The third-order valence-corrected chi connectivity index (χ3v) is 2.14. The Labute approximate surface area is 84.8 Å². The molecule has 0 rings (SSSR count). The number of rotatable bonds is 6. The Morgan fingerprint density at radius 2 is 2.07 bits per heavy atom. The molecule has 0 aromatic rings. The van der Waals surface area contributed by atoms with Crippen LogP contribution in [0.25, 0.3) is 0 Å². The molecule has 0 aromatic heterocycles. The largest absolute Gasteiger partial charge is 0.390 e. The fourth-order valence-corrected chi connectivity index (χ4v) is 1.12. The van der Waals surface area contributed by atoms with Gasteiger partial charge in [0.25, 0.3) is 0 Å². The summed E-state index contributed by atoms with van der Waals surface area (Å²) in [5.41, 5.74) is 0. The molecule has 0 aromatic carbocycles. The van der Waals surface area contributed by atoms with E-state index < -0.39 is 14.2 Å². The van der Waals surface area contributed by atoms with E-state index in [1.54, 1.807) is 0 Å². The summed E-state index contributed by atoms with van der Waals surface area (Å²) in [5.74, 6) is -0.723. The van der Waals surface area contributed by atoms with Crippen molar-refractivity contribution in [2.45, 2.75) is 0 Å². The van der Waals surface area contributed by atoms with Crippen LogP contribution in [0, 0.1) is 0 Å². The van der Waals surface area contributed by atoms with Gasteiger partial charge in [0.05, 0.1) is 21.1 Å². The molecule has 0 saturated heterocycles. The van der Waals surface area contributed by atoms with Gasteiger partial charge in [-0.2, -0.15) is 0 Å². The highest BCUT2D eigenvalue weighted by Gasteiger charge is 2.09. The summed E-state index contributed by atoms with van der Waals surface area (Å²) in [6.45, 7) is 4.17. The first-order valence-corrected chi connectivity index (χ1v) is 5.39. The zero-order valence-corrected chi connectivity index (χ0v) is 9.78. The van der Waals surface area contributed by atoms with E-state index >= 15 is 0 Å². The molecule has 0 aliphatic heterocycles. The molecule has 0 spiro atoms. The van der Waals surface area contributed by atoms with E-state index in [1.807, 2.05) is 21.1 Å². The Bertz CT molecular complexity index is 234. The molecule has 14 heavy (non-hydrogen) atoms. The fraction of sp³-hybridized carbons (Fsp3) is 0.625. The Morgan fingerprint density at radius 1 is 1.50 bits per heavy atom. The van der Waals surface area contributed by atoms with E-state index in [0.29, 0.717) is 17.6 Å². The standard InChI is InChI=1S/C8H17NO4P/c1-5-8(10)13-14(11)12-7-6-9(2,3)4/h5,14H,1,6-7H2,2-4H3/q+1. The van der Waals surface area contributed by atoms with E-state index in [4.69, 9.17) is 4.52 Å². The number of likely N-dealkylation sites (N-methyl/N-ethyl adjacent to an activating group) is 1. The maximum atomic E-state index is 11.0. The van der Waals surface area contributed by atoms with Gasteiger partial charge >= 0.3 is 14.2 Å². The molecule has 6 heteroatoms. The molecule has 0 aliphatic rings. The SMILES string of the molecule is C=CC(=O)O[PH](=O)OCC[N+](C)(C)C. The number of hydrogen-bond acceptors (Lipinski definition) is 4. The van der Waals surface area contributed by atoms with Gasteiger partial charge in [0.15, 0.2) is 0 Å². The van der Waals surface area contributed by atoms with Crippen molar-refractivity contribution >= 4 is 14.2 Å². The van der Waals surface area contributed by atoms with Crippen LogP contribution in [0.3, 0.4) is 0 Å². The summed E-state index contributed by atoms with van der Waals surface area (Å²) >= 11 is 0. The van der Waals surface area contributed by atoms with Crippen LogP contribution in [-0.2, 0) is 18.4 Å². The smallest absolute Gasteiger partial charge is 0.370 e. The first kappa shape index (κ1) is 13.4. The molecule has 0 amide bonds. The number of carbonyl (C=O) groups excluding carboxylic acids is 1. The second-order valence-corrected chi connectivity index (χ2v) is 4.73. The molecule has 0 N–H and O–H groups in total. The molecule has 0 fully saturated rings. The number of quaternary nitrogens is 1. The monoisotopic (exact) mass is 222 g/mol. The first-order chi connectivity index (χ1) is 6.35. The highest BCUT2D eigenvalue weighted by atomic mass is 31.1. The predicted molar refractivity (Wildman–Crippen MR) is 54.1 cm³/mol. The van der Waals surface area contributed by atoms with Gasteiger partial charge in [-0.25, -0.2) is 9.36 Å². The van der Waals surface area contributed by atoms with Crippen LogP contribution in [0.4, 0.5) is 0 Å². The Balaban J connectivity index is 3.65. The van der Waals surface area contributed by atoms with Gasteiger partial charge in [-0.15, -0.1) is 0 Å². The van der Waals surface area contributed by atoms with E-state index in [1.165, 1.54) is 0 Å². The van der Waals surface area contributed by atoms with Crippen molar-refractivity contribution < 1.29 is 22.9 Å². The minimum absolute atomic E-state index is 0.297.